The minimum absolute atomic E-state index is 0.609. The van der Waals surface area contributed by atoms with Crippen LogP contribution in [0.5, 0.6) is 11.5 Å². The molecule has 1 aromatic rings. The molecule has 1 atom stereocenters. The number of likely N-dealkylation sites (N-methyl/N-ethyl adjacent to an activating group) is 1. The van der Waals surface area contributed by atoms with E-state index in [1.54, 1.807) is 14.2 Å². The molecule has 0 aromatic heterocycles. The largest absolute Gasteiger partial charge is 0.493 e. The van der Waals surface area contributed by atoms with E-state index in [9.17, 15) is 0 Å². The Morgan fingerprint density at radius 1 is 1.20 bits per heavy atom. The van der Waals surface area contributed by atoms with Gasteiger partial charge in [0, 0.05) is 32.7 Å². The second-order valence-electron chi connectivity index (χ2n) is 6.85. The fraction of sp³-hybridized carbons (Fsp3) is 0.632. The Morgan fingerprint density at radius 3 is 2.52 bits per heavy atom. The zero-order valence-corrected chi connectivity index (χ0v) is 15.8. The molecule has 0 aliphatic carbocycles. The predicted molar refractivity (Wildman–Crippen MR) is 101 cm³/mol. The molecule has 2 aliphatic heterocycles. The average molecular weight is 346 g/mol. The summed E-state index contributed by atoms with van der Waals surface area (Å²) in [4.78, 5) is 9.26. The van der Waals surface area contributed by atoms with Crippen molar-refractivity contribution < 1.29 is 9.47 Å². The minimum atomic E-state index is 0.609. The Bertz CT molecular complexity index is 632. The molecule has 25 heavy (non-hydrogen) atoms. The molecule has 6 nitrogen and oxygen atoms in total. The molecule has 1 unspecified atom stereocenters. The number of methoxy groups -OCH3 is 2. The SMILES string of the molecule is CN=C(NCC1CCCN1C)N1CCc2cc(OC)c(OC)cc2C1. The van der Waals surface area contributed by atoms with Crippen molar-refractivity contribution in [2.75, 3.05) is 47.9 Å². The number of hydrogen-bond donors (Lipinski definition) is 1. The molecule has 3 rings (SSSR count). The molecule has 0 radical (unpaired) electrons. The van der Waals surface area contributed by atoms with Crippen molar-refractivity contribution in [1.82, 2.24) is 15.1 Å². The normalized spacial score (nSPS) is 21.2. The minimum Gasteiger partial charge on any atom is -0.493 e. The number of rotatable bonds is 4. The molecule has 1 fully saturated rings. The van der Waals surface area contributed by atoms with Crippen LogP contribution in [-0.2, 0) is 13.0 Å². The van der Waals surface area contributed by atoms with Gasteiger partial charge in [0.1, 0.15) is 0 Å². The van der Waals surface area contributed by atoms with Gasteiger partial charge in [0.25, 0.3) is 0 Å². The first-order valence-electron chi connectivity index (χ1n) is 9.06. The molecule has 2 aliphatic rings. The number of benzene rings is 1. The van der Waals surface area contributed by atoms with Gasteiger partial charge in [0.2, 0.25) is 0 Å². The fourth-order valence-electron chi connectivity index (χ4n) is 3.84. The van der Waals surface area contributed by atoms with E-state index >= 15 is 0 Å². The van der Waals surface area contributed by atoms with Gasteiger partial charge in [-0.2, -0.15) is 0 Å². The molecule has 6 heteroatoms. The van der Waals surface area contributed by atoms with Crippen LogP contribution in [0.2, 0.25) is 0 Å². The molecule has 0 amide bonds. The van der Waals surface area contributed by atoms with E-state index in [0.717, 1.165) is 43.5 Å². The van der Waals surface area contributed by atoms with Gasteiger partial charge in [-0.25, -0.2) is 0 Å². The van der Waals surface area contributed by atoms with E-state index in [1.165, 1.54) is 30.5 Å². The summed E-state index contributed by atoms with van der Waals surface area (Å²) in [6, 6.07) is 4.81. The molecule has 0 spiro atoms. The summed E-state index contributed by atoms with van der Waals surface area (Å²) in [5.74, 6) is 2.58. The van der Waals surface area contributed by atoms with E-state index in [4.69, 9.17) is 9.47 Å². The second-order valence-corrected chi connectivity index (χ2v) is 6.85. The third-order valence-electron chi connectivity index (χ3n) is 5.40. The van der Waals surface area contributed by atoms with Crippen LogP contribution in [0.4, 0.5) is 0 Å². The number of nitrogens with zero attached hydrogens (tertiary/aromatic N) is 3. The van der Waals surface area contributed by atoms with Crippen molar-refractivity contribution in [2.24, 2.45) is 4.99 Å². The Morgan fingerprint density at radius 2 is 1.92 bits per heavy atom. The number of guanidine groups is 1. The summed E-state index contributed by atoms with van der Waals surface area (Å²) >= 11 is 0. The first-order chi connectivity index (χ1) is 12.2. The van der Waals surface area contributed by atoms with Crippen molar-refractivity contribution in [3.05, 3.63) is 23.3 Å². The van der Waals surface area contributed by atoms with E-state index in [1.807, 2.05) is 7.05 Å². The standard InChI is InChI=1S/C19H30N4O2/c1-20-19(21-12-16-6-5-8-22(16)2)23-9-7-14-10-17(24-3)18(25-4)11-15(14)13-23/h10-11,16H,5-9,12-13H2,1-4H3,(H,20,21). The molecule has 0 bridgehead atoms. The molecular formula is C19H30N4O2. The number of hydrogen-bond acceptors (Lipinski definition) is 4. The first kappa shape index (κ1) is 17.9. The van der Waals surface area contributed by atoms with E-state index in [0.29, 0.717) is 6.04 Å². The maximum atomic E-state index is 5.46. The molecule has 1 aromatic carbocycles. The highest BCUT2D eigenvalue weighted by molar-refractivity contribution is 5.80. The predicted octanol–water partition coefficient (Wildman–Crippen LogP) is 1.73. The van der Waals surface area contributed by atoms with Crippen LogP contribution < -0.4 is 14.8 Å². The highest BCUT2D eigenvalue weighted by Crippen LogP contribution is 2.33. The Balaban J connectivity index is 1.68. The second kappa shape index (κ2) is 7.95. The Hall–Kier alpha value is -1.95. The Kier molecular flexibility index (Phi) is 5.68. The lowest BCUT2D eigenvalue weighted by molar-refractivity contribution is 0.302. The lowest BCUT2D eigenvalue weighted by Crippen LogP contribution is -2.47. The summed E-state index contributed by atoms with van der Waals surface area (Å²) in [6.07, 6.45) is 3.54. The van der Waals surface area contributed by atoms with Gasteiger partial charge < -0.3 is 24.6 Å². The number of likely N-dealkylation sites (tertiary alicyclic amines) is 1. The van der Waals surface area contributed by atoms with Crippen LogP contribution in [0.1, 0.15) is 24.0 Å². The molecular weight excluding hydrogens is 316 g/mol. The number of nitrogens with one attached hydrogen (secondary N) is 1. The lowest BCUT2D eigenvalue weighted by Gasteiger charge is -2.33. The highest BCUT2D eigenvalue weighted by Gasteiger charge is 2.24. The molecule has 1 saturated heterocycles. The van der Waals surface area contributed by atoms with Crippen molar-refractivity contribution >= 4 is 5.96 Å². The van der Waals surface area contributed by atoms with Crippen molar-refractivity contribution in [3.63, 3.8) is 0 Å². The average Bonchev–Trinajstić information content (AvgIpc) is 3.05. The Labute approximate surface area is 150 Å². The molecule has 0 saturated carbocycles. The zero-order chi connectivity index (χ0) is 17.8. The molecule has 2 heterocycles. The van der Waals surface area contributed by atoms with E-state index in [2.05, 4.69) is 39.3 Å². The third-order valence-corrected chi connectivity index (χ3v) is 5.40. The quantitative estimate of drug-likeness (QED) is 0.665. The van der Waals surface area contributed by atoms with Gasteiger partial charge in [-0.3, -0.25) is 4.99 Å². The topological polar surface area (TPSA) is 49.3 Å². The zero-order valence-electron chi connectivity index (χ0n) is 15.8. The van der Waals surface area contributed by atoms with Crippen LogP contribution in [-0.4, -0.2) is 69.8 Å². The first-order valence-corrected chi connectivity index (χ1v) is 9.06. The van der Waals surface area contributed by atoms with Crippen LogP contribution in [0.15, 0.2) is 17.1 Å². The fourth-order valence-corrected chi connectivity index (χ4v) is 3.84. The van der Waals surface area contributed by atoms with Crippen LogP contribution in [0, 0.1) is 0 Å². The highest BCUT2D eigenvalue weighted by atomic mass is 16.5. The van der Waals surface area contributed by atoms with E-state index < -0.39 is 0 Å². The summed E-state index contributed by atoms with van der Waals surface area (Å²) in [6.45, 7) is 3.96. The van der Waals surface area contributed by atoms with E-state index in [-0.39, 0.29) is 0 Å². The van der Waals surface area contributed by atoms with Gasteiger partial charge in [0.15, 0.2) is 17.5 Å². The summed E-state index contributed by atoms with van der Waals surface area (Å²) in [5.41, 5.74) is 2.62. The van der Waals surface area contributed by atoms with Crippen molar-refractivity contribution in [3.8, 4) is 11.5 Å². The van der Waals surface area contributed by atoms with Gasteiger partial charge in [-0.1, -0.05) is 0 Å². The monoisotopic (exact) mass is 346 g/mol. The number of ether oxygens (including phenoxy) is 2. The van der Waals surface area contributed by atoms with Gasteiger partial charge in [-0.15, -0.1) is 0 Å². The van der Waals surface area contributed by atoms with Crippen LogP contribution in [0.3, 0.4) is 0 Å². The van der Waals surface area contributed by atoms with Gasteiger partial charge >= 0.3 is 0 Å². The lowest BCUT2D eigenvalue weighted by atomic mass is 9.99. The van der Waals surface area contributed by atoms with Crippen molar-refractivity contribution in [2.45, 2.75) is 31.8 Å². The summed E-state index contributed by atoms with van der Waals surface area (Å²) in [7, 11) is 7.44. The summed E-state index contributed by atoms with van der Waals surface area (Å²) < 4.78 is 10.9. The maximum Gasteiger partial charge on any atom is 0.194 e. The van der Waals surface area contributed by atoms with Gasteiger partial charge in [-0.05, 0) is 56.1 Å². The maximum absolute atomic E-state index is 5.46. The van der Waals surface area contributed by atoms with Crippen LogP contribution >= 0.6 is 0 Å². The smallest absolute Gasteiger partial charge is 0.194 e. The van der Waals surface area contributed by atoms with Crippen molar-refractivity contribution in [1.29, 1.82) is 0 Å². The van der Waals surface area contributed by atoms with Crippen LogP contribution in [0.25, 0.3) is 0 Å². The number of fused-ring (bicyclic) bond motifs is 1. The molecule has 138 valence electrons. The van der Waals surface area contributed by atoms with Gasteiger partial charge in [0.05, 0.1) is 14.2 Å². The summed E-state index contributed by atoms with van der Waals surface area (Å²) in [5, 5.41) is 3.57. The third kappa shape index (κ3) is 3.84. The molecule has 1 N–H and O–H groups in total. The number of aliphatic imine (C=N–C) groups is 1.